The van der Waals surface area contributed by atoms with Gasteiger partial charge < -0.3 is 10.2 Å². The van der Waals surface area contributed by atoms with Crippen LogP contribution in [-0.2, 0) is 4.79 Å². The Morgan fingerprint density at radius 3 is 2.75 bits per heavy atom. The molecule has 0 bridgehead atoms. The maximum Gasteiger partial charge on any atom is 0.306 e. The molecule has 1 aromatic rings. The molecule has 1 saturated heterocycles. The van der Waals surface area contributed by atoms with Gasteiger partial charge in [-0.05, 0) is 39.3 Å². The third-order valence-corrected chi connectivity index (χ3v) is 4.21. The van der Waals surface area contributed by atoms with E-state index in [9.17, 15) is 14.3 Å². The monoisotopic (exact) mass is 281 g/mol. The SMILES string of the molecule is CC1CC(C(=O)O)CCN1C(C)c1ccc(O)cc1F. The molecule has 1 aliphatic rings. The summed E-state index contributed by atoms with van der Waals surface area (Å²) in [5.41, 5.74) is 0.531. The van der Waals surface area contributed by atoms with Crippen molar-refractivity contribution in [3.63, 3.8) is 0 Å². The first-order chi connectivity index (χ1) is 9.40. The molecule has 20 heavy (non-hydrogen) atoms. The van der Waals surface area contributed by atoms with Gasteiger partial charge in [0, 0.05) is 23.7 Å². The molecular weight excluding hydrogens is 261 g/mol. The maximum absolute atomic E-state index is 13.9. The fraction of sp³-hybridized carbons (Fsp3) is 0.533. The molecule has 5 heteroatoms. The van der Waals surface area contributed by atoms with Gasteiger partial charge in [0.1, 0.15) is 11.6 Å². The van der Waals surface area contributed by atoms with Gasteiger partial charge in [-0.15, -0.1) is 0 Å². The van der Waals surface area contributed by atoms with Crippen molar-refractivity contribution in [2.24, 2.45) is 5.92 Å². The molecule has 0 radical (unpaired) electrons. The fourth-order valence-corrected chi connectivity index (χ4v) is 3.02. The third-order valence-electron chi connectivity index (χ3n) is 4.21. The van der Waals surface area contributed by atoms with Crippen molar-refractivity contribution in [3.05, 3.63) is 29.6 Å². The topological polar surface area (TPSA) is 60.8 Å². The largest absolute Gasteiger partial charge is 0.508 e. The molecule has 2 rings (SSSR count). The number of phenols is 1. The molecule has 3 unspecified atom stereocenters. The number of rotatable bonds is 3. The van der Waals surface area contributed by atoms with Crippen LogP contribution in [0.5, 0.6) is 5.75 Å². The van der Waals surface area contributed by atoms with Gasteiger partial charge in [-0.2, -0.15) is 0 Å². The Kier molecular flexibility index (Phi) is 4.28. The lowest BCUT2D eigenvalue weighted by Crippen LogP contribution is -2.44. The molecule has 2 N–H and O–H groups in total. The smallest absolute Gasteiger partial charge is 0.306 e. The van der Waals surface area contributed by atoms with E-state index in [1.54, 1.807) is 6.07 Å². The summed E-state index contributed by atoms with van der Waals surface area (Å²) in [4.78, 5) is 13.2. The second-order valence-electron chi connectivity index (χ2n) is 5.53. The predicted molar refractivity (Wildman–Crippen MR) is 73.0 cm³/mol. The van der Waals surface area contributed by atoms with Crippen molar-refractivity contribution in [3.8, 4) is 5.75 Å². The van der Waals surface area contributed by atoms with E-state index < -0.39 is 11.8 Å². The first-order valence-corrected chi connectivity index (χ1v) is 6.87. The van der Waals surface area contributed by atoms with Gasteiger partial charge in [-0.25, -0.2) is 4.39 Å². The maximum atomic E-state index is 13.9. The number of aromatic hydroxyl groups is 1. The number of carboxylic acid groups (broad SMARTS) is 1. The number of phenolic OH excluding ortho intramolecular Hbond substituents is 1. The van der Waals surface area contributed by atoms with Gasteiger partial charge >= 0.3 is 5.97 Å². The molecule has 1 fully saturated rings. The van der Waals surface area contributed by atoms with Gasteiger partial charge in [0.15, 0.2) is 0 Å². The van der Waals surface area contributed by atoms with Crippen LogP contribution in [-0.4, -0.2) is 33.7 Å². The van der Waals surface area contributed by atoms with Crippen LogP contribution in [0.15, 0.2) is 18.2 Å². The van der Waals surface area contributed by atoms with Crippen LogP contribution in [0.4, 0.5) is 4.39 Å². The Hall–Kier alpha value is -1.62. The highest BCUT2D eigenvalue weighted by Crippen LogP contribution is 2.32. The summed E-state index contributed by atoms with van der Waals surface area (Å²) in [5.74, 6) is -1.57. The molecule has 0 amide bonds. The van der Waals surface area contributed by atoms with Crippen molar-refractivity contribution in [2.45, 2.75) is 38.8 Å². The number of carbonyl (C=O) groups is 1. The lowest BCUT2D eigenvalue weighted by molar-refractivity contribution is -0.144. The summed E-state index contributed by atoms with van der Waals surface area (Å²) in [6, 6.07) is 4.13. The van der Waals surface area contributed by atoms with Gasteiger partial charge in [0.25, 0.3) is 0 Å². The van der Waals surface area contributed by atoms with Gasteiger partial charge in [-0.3, -0.25) is 9.69 Å². The Balaban J connectivity index is 2.13. The minimum Gasteiger partial charge on any atom is -0.508 e. The zero-order valence-electron chi connectivity index (χ0n) is 11.7. The van der Waals surface area contributed by atoms with Crippen LogP contribution in [0.2, 0.25) is 0 Å². The molecule has 1 aliphatic heterocycles. The Bertz CT molecular complexity index is 506. The van der Waals surface area contributed by atoms with Crippen molar-refractivity contribution >= 4 is 5.97 Å². The fourth-order valence-electron chi connectivity index (χ4n) is 3.02. The van der Waals surface area contributed by atoms with Gasteiger partial charge in [-0.1, -0.05) is 6.07 Å². The number of carboxylic acids is 1. The number of aliphatic carboxylic acids is 1. The summed E-state index contributed by atoms with van der Waals surface area (Å²) in [7, 11) is 0. The number of hydrogen-bond acceptors (Lipinski definition) is 3. The zero-order valence-corrected chi connectivity index (χ0v) is 11.7. The Labute approximate surface area is 117 Å². The number of hydrogen-bond donors (Lipinski definition) is 2. The van der Waals surface area contributed by atoms with Crippen molar-refractivity contribution < 1.29 is 19.4 Å². The normalized spacial score (nSPS) is 25.4. The number of piperidine rings is 1. The van der Waals surface area contributed by atoms with Gasteiger partial charge in [0.05, 0.1) is 5.92 Å². The van der Waals surface area contributed by atoms with E-state index in [-0.39, 0.29) is 23.8 Å². The van der Waals surface area contributed by atoms with Crippen LogP contribution in [0.1, 0.15) is 38.3 Å². The van der Waals surface area contributed by atoms with Crippen molar-refractivity contribution in [2.75, 3.05) is 6.54 Å². The van der Waals surface area contributed by atoms with Crippen molar-refractivity contribution in [1.82, 2.24) is 4.90 Å². The molecule has 110 valence electrons. The first kappa shape index (κ1) is 14.8. The second kappa shape index (κ2) is 5.79. The number of halogens is 1. The summed E-state index contributed by atoms with van der Waals surface area (Å²) in [6.07, 6.45) is 1.17. The quantitative estimate of drug-likeness (QED) is 0.894. The van der Waals surface area contributed by atoms with Crippen molar-refractivity contribution in [1.29, 1.82) is 0 Å². The second-order valence-corrected chi connectivity index (χ2v) is 5.53. The molecule has 0 aliphatic carbocycles. The Morgan fingerprint density at radius 1 is 1.50 bits per heavy atom. The summed E-state index contributed by atoms with van der Waals surface area (Å²) in [5, 5.41) is 18.3. The lowest BCUT2D eigenvalue weighted by Gasteiger charge is -2.40. The Morgan fingerprint density at radius 2 is 2.20 bits per heavy atom. The third kappa shape index (κ3) is 2.93. The van der Waals surface area contributed by atoms with Crippen LogP contribution in [0.25, 0.3) is 0 Å². The highest BCUT2D eigenvalue weighted by Gasteiger charge is 2.33. The highest BCUT2D eigenvalue weighted by molar-refractivity contribution is 5.70. The minimum atomic E-state index is -0.750. The summed E-state index contributed by atoms with van der Waals surface area (Å²) in [6.45, 7) is 4.52. The van der Waals surface area contributed by atoms with E-state index in [2.05, 4.69) is 4.90 Å². The molecule has 0 aromatic heterocycles. The highest BCUT2D eigenvalue weighted by atomic mass is 19.1. The van der Waals surface area contributed by atoms with Crippen LogP contribution >= 0.6 is 0 Å². The zero-order chi connectivity index (χ0) is 14.9. The lowest BCUT2D eigenvalue weighted by atomic mass is 9.89. The molecule has 1 aromatic carbocycles. The van der Waals surface area contributed by atoms with Crippen LogP contribution in [0.3, 0.4) is 0 Å². The summed E-state index contributed by atoms with van der Waals surface area (Å²) >= 11 is 0. The van der Waals surface area contributed by atoms with Crippen LogP contribution in [0, 0.1) is 11.7 Å². The number of benzene rings is 1. The standard InChI is InChI=1S/C15H20FNO3/c1-9-7-11(15(19)20)5-6-17(9)10(2)13-4-3-12(18)8-14(13)16/h3-4,8-11,18H,5-7H2,1-2H3,(H,19,20). The minimum absolute atomic E-state index is 0.0870. The molecule has 0 saturated carbocycles. The van der Waals surface area contributed by atoms with E-state index in [1.807, 2.05) is 13.8 Å². The van der Waals surface area contributed by atoms with E-state index in [1.165, 1.54) is 6.07 Å². The number of likely N-dealkylation sites (tertiary alicyclic amines) is 1. The average Bonchev–Trinajstić information content (AvgIpc) is 2.37. The van der Waals surface area contributed by atoms with E-state index in [4.69, 9.17) is 5.11 Å². The summed E-state index contributed by atoms with van der Waals surface area (Å²) < 4.78 is 13.9. The molecular formula is C15H20FNO3. The molecule has 1 heterocycles. The number of nitrogens with zero attached hydrogens (tertiary/aromatic N) is 1. The average molecular weight is 281 g/mol. The van der Waals surface area contributed by atoms with E-state index in [0.717, 1.165) is 6.07 Å². The first-order valence-electron chi connectivity index (χ1n) is 6.87. The van der Waals surface area contributed by atoms with E-state index in [0.29, 0.717) is 24.9 Å². The van der Waals surface area contributed by atoms with Gasteiger partial charge in [0.2, 0.25) is 0 Å². The predicted octanol–water partition coefficient (Wildman–Crippen LogP) is 2.78. The molecule has 0 spiro atoms. The van der Waals surface area contributed by atoms with Crippen LogP contribution < -0.4 is 0 Å². The molecule has 4 nitrogen and oxygen atoms in total. The molecule has 3 atom stereocenters. The van der Waals surface area contributed by atoms with E-state index >= 15 is 0 Å².